The lowest BCUT2D eigenvalue weighted by Gasteiger charge is -2.06. The monoisotopic (exact) mass is 434 g/mol. The van der Waals surface area contributed by atoms with Gasteiger partial charge in [-0.25, -0.2) is 4.39 Å². The van der Waals surface area contributed by atoms with E-state index >= 15 is 0 Å². The molecule has 19 heavy (non-hydrogen) atoms. The van der Waals surface area contributed by atoms with E-state index < -0.39 is 5.82 Å². The third-order valence-corrected chi connectivity index (χ3v) is 3.79. The van der Waals surface area contributed by atoms with Gasteiger partial charge in [0, 0.05) is 15.2 Å². The molecule has 0 aliphatic heterocycles. The smallest absolute Gasteiger partial charge is 0.200 e. The summed E-state index contributed by atoms with van der Waals surface area (Å²) in [5.74, 6) is -0.224. The summed E-state index contributed by atoms with van der Waals surface area (Å²) < 4.78 is 20.0. The molecule has 5 heteroatoms. The number of carbonyl (C=O) groups excluding carboxylic acids is 1. The molecular formula is C14H9BrFIO2. The Morgan fingerprint density at radius 2 is 1.89 bits per heavy atom. The molecule has 0 heterocycles. The second-order valence-corrected chi connectivity index (χ2v) is 5.89. The van der Waals surface area contributed by atoms with Crippen LogP contribution in [0, 0.1) is 9.39 Å². The van der Waals surface area contributed by atoms with Crippen molar-refractivity contribution in [2.75, 3.05) is 6.61 Å². The summed E-state index contributed by atoms with van der Waals surface area (Å²) in [4.78, 5) is 11.9. The van der Waals surface area contributed by atoms with E-state index in [1.807, 2.05) is 12.1 Å². The Kier molecular flexibility index (Phi) is 4.93. The van der Waals surface area contributed by atoms with Gasteiger partial charge in [-0.1, -0.05) is 12.1 Å². The predicted molar refractivity (Wildman–Crippen MR) is 83.1 cm³/mol. The molecule has 0 atom stereocenters. The van der Waals surface area contributed by atoms with E-state index in [4.69, 9.17) is 4.74 Å². The normalized spacial score (nSPS) is 10.3. The molecule has 2 aromatic rings. The number of rotatable bonds is 4. The van der Waals surface area contributed by atoms with Gasteiger partial charge < -0.3 is 4.74 Å². The molecule has 2 nitrogen and oxygen atoms in total. The van der Waals surface area contributed by atoms with Gasteiger partial charge in [0.05, 0.1) is 4.47 Å². The van der Waals surface area contributed by atoms with Crippen LogP contribution in [-0.2, 0) is 0 Å². The Balaban J connectivity index is 2.00. The Morgan fingerprint density at radius 3 is 2.53 bits per heavy atom. The van der Waals surface area contributed by atoms with Crippen LogP contribution < -0.4 is 4.74 Å². The molecule has 0 spiro atoms. The maximum absolute atomic E-state index is 13.3. The maximum atomic E-state index is 13.3. The fourth-order valence-electron chi connectivity index (χ4n) is 1.43. The number of ether oxygens (including phenoxy) is 1. The lowest BCUT2D eigenvalue weighted by Crippen LogP contribution is -2.11. The number of hydrogen-bond acceptors (Lipinski definition) is 2. The van der Waals surface area contributed by atoms with Crippen LogP contribution in [0.25, 0.3) is 0 Å². The van der Waals surface area contributed by atoms with Crippen LogP contribution in [0.15, 0.2) is 46.9 Å². The SMILES string of the molecule is O=C(COc1ccc(Br)c(F)c1)c1ccc(I)cc1. The second kappa shape index (κ2) is 6.47. The van der Waals surface area contributed by atoms with Crippen LogP contribution in [-0.4, -0.2) is 12.4 Å². The zero-order valence-electron chi connectivity index (χ0n) is 9.70. The topological polar surface area (TPSA) is 26.3 Å². The number of ketones is 1. The van der Waals surface area contributed by atoms with Crippen molar-refractivity contribution in [2.24, 2.45) is 0 Å². The molecule has 0 saturated carbocycles. The third kappa shape index (κ3) is 4.01. The zero-order chi connectivity index (χ0) is 13.8. The molecule has 0 N–H and O–H groups in total. The quantitative estimate of drug-likeness (QED) is 0.524. The zero-order valence-corrected chi connectivity index (χ0v) is 13.4. The third-order valence-electron chi connectivity index (χ3n) is 2.43. The molecule has 98 valence electrons. The van der Waals surface area contributed by atoms with Crippen LogP contribution in [0.2, 0.25) is 0 Å². The fraction of sp³-hybridized carbons (Fsp3) is 0.0714. The first kappa shape index (κ1) is 14.5. The molecule has 0 amide bonds. The van der Waals surface area contributed by atoms with Crippen molar-refractivity contribution in [2.45, 2.75) is 0 Å². The molecular weight excluding hydrogens is 426 g/mol. The first-order valence-electron chi connectivity index (χ1n) is 5.43. The van der Waals surface area contributed by atoms with Crippen LogP contribution in [0.1, 0.15) is 10.4 Å². The highest BCUT2D eigenvalue weighted by molar-refractivity contribution is 14.1. The van der Waals surface area contributed by atoms with E-state index in [2.05, 4.69) is 38.5 Å². The summed E-state index contributed by atoms with van der Waals surface area (Å²) >= 11 is 5.22. The average molecular weight is 435 g/mol. The number of hydrogen-bond donors (Lipinski definition) is 0. The van der Waals surface area contributed by atoms with Crippen molar-refractivity contribution in [3.05, 3.63) is 61.9 Å². The van der Waals surface area contributed by atoms with Crippen molar-refractivity contribution >= 4 is 44.3 Å². The molecule has 0 aromatic heterocycles. The minimum atomic E-state index is -0.417. The Bertz CT molecular complexity index is 599. The predicted octanol–water partition coefficient (Wildman–Crippen LogP) is 4.45. The summed E-state index contributed by atoms with van der Waals surface area (Å²) in [6.45, 7) is -0.109. The average Bonchev–Trinajstić information content (AvgIpc) is 2.40. The highest BCUT2D eigenvalue weighted by atomic mass is 127. The molecule has 0 bridgehead atoms. The number of carbonyl (C=O) groups is 1. The van der Waals surface area contributed by atoms with E-state index in [1.165, 1.54) is 6.07 Å². The molecule has 0 saturated heterocycles. The van der Waals surface area contributed by atoms with Crippen LogP contribution in [0.4, 0.5) is 4.39 Å². The van der Waals surface area contributed by atoms with E-state index in [-0.39, 0.29) is 12.4 Å². The minimum Gasteiger partial charge on any atom is -0.485 e. The van der Waals surface area contributed by atoms with Crippen molar-refractivity contribution in [1.82, 2.24) is 0 Å². The van der Waals surface area contributed by atoms with Crippen molar-refractivity contribution in [3.63, 3.8) is 0 Å². The van der Waals surface area contributed by atoms with E-state index in [1.54, 1.807) is 24.3 Å². The Morgan fingerprint density at radius 1 is 1.21 bits per heavy atom. The maximum Gasteiger partial charge on any atom is 0.200 e. The largest absolute Gasteiger partial charge is 0.485 e. The van der Waals surface area contributed by atoms with Gasteiger partial charge in [0.15, 0.2) is 12.4 Å². The van der Waals surface area contributed by atoms with Gasteiger partial charge in [0.1, 0.15) is 11.6 Å². The number of benzene rings is 2. The molecule has 0 fully saturated rings. The Labute approximate surface area is 132 Å². The molecule has 0 aliphatic rings. The summed E-state index contributed by atoms with van der Waals surface area (Å²) in [6, 6.07) is 11.6. The summed E-state index contributed by atoms with van der Waals surface area (Å²) in [7, 11) is 0. The minimum absolute atomic E-state index is 0.109. The van der Waals surface area contributed by atoms with Gasteiger partial charge in [0.25, 0.3) is 0 Å². The van der Waals surface area contributed by atoms with Gasteiger partial charge in [0.2, 0.25) is 0 Å². The second-order valence-electron chi connectivity index (χ2n) is 3.79. The van der Waals surface area contributed by atoms with Crippen molar-refractivity contribution in [1.29, 1.82) is 0 Å². The van der Waals surface area contributed by atoms with Crippen LogP contribution in [0.5, 0.6) is 5.75 Å². The van der Waals surface area contributed by atoms with Crippen molar-refractivity contribution < 1.29 is 13.9 Å². The standard InChI is InChI=1S/C14H9BrFIO2/c15-12-6-5-11(7-13(12)16)19-8-14(18)9-1-3-10(17)4-2-9/h1-7H,8H2. The lowest BCUT2D eigenvalue weighted by molar-refractivity contribution is 0.0921. The number of halogens is 3. The van der Waals surface area contributed by atoms with Gasteiger partial charge in [-0.3, -0.25) is 4.79 Å². The molecule has 2 aromatic carbocycles. The van der Waals surface area contributed by atoms with Gasteiger partial charge in [-0.05, 0) is 62.8 Å². The van der Waals surface area contributed by atoms with Crippen molar-refractivity contribution in [3.8, 4) is 5.75 Å². The Hall–Kier alpha value is -0.950. The summed E-state index contributed by atoms with van der Waals surface area (Å²) in [5.41, 5.74) is 0.581. The lowest BCUT2D eigenvalue weighted by atomic mass is 10.1. The van der Waals surface area contributed by atoms with E-state index in [0.717, 1.165) is 3.57 Å². The highest BCUT2D eigenvalue weighted by Crippen LogP contribution is 2.21. The molecule has 2 rings (SSSR count). The van der Waals surface area contributed by atoms with Gasteiger partial charge in [-0.15, -0.1) is 0 Å². The fourth-order valence-corrected chi connectivity index (χ4v) is 2.04. The highest BCUT2D eigenvalue weighted by Gasteiger charge is 2.08. The van der Waals surface area contributed by atoms with Gasteiger partial charge >= 0.3 is 0 Å². The van der Waals surface area contributed by atoms with Gasteiger partial charge in [-0.2, -0.15) is 0 Å². The molecule has 0 radical (unpaired) electrons. The van der Waals surface area contributed by atoms with Crippen LogP contribution in [0.3, 0.4) is 0 Å². The van der Waals surface area contributed by atoms with E-state index in [0.29, 0.717) is 15.8 Å². The van der Waals surface area contributed by atoms with E-state index in [9.17, 15) is 9.18 Å². The molecule has 0 aliphatic carbocycles. The first-order valence-corrected chi connectivity index (χ1v) is 7.30. The molecule has 0 unspecified atom stereocenters. The summed E-state index contributed by atoms with van der Waals surface area (Å²) in [5, 5.41) is 0. The van der Waals surface area contributed by atoms with Crippen LogP contribution >= 0.6 is 38.5 Å². The first-order chi connectivity index (χ1) is 9.06. The summed E-state index contributed by atoms with van der Waals surface area (Å²) in [6.07, 6.45) is 0. The number of Topliss-reactive ketones (excluding diaryl/α,β-unsaturated/α-hetero) is 1.